The van der Waals surface area contributed by atoms with Gasteiger partial charge in [0.15, 0.2) is 5.69 Å². The highest BCUT2D eigenvalue weighted by molar-refractivity contribution is 5.96. The van der Waals surface area contributed by atoms with E-state index in [-0.39, 0.29) is 16.9 Å². The lowest BCUT2D eigenvalue weighted by Gasteiger charge is -2.08. The first-order chi connectivity index (χ1) is 14.1. The number of carbonyl (C=O) groups excluding carboxylic acids is 1. The summed E-state index contributed by atoms with van der Waals surface area (Å²) >= 11 is 0. The summed E-state index contributed by atoms with van der Waals surface area (Å²) in [4.78, 5) is 16.5. The molecule has 0 atom stereocenters. The molecule has 29 heavy (non-hydrogen) atoms. The molecule has 0 spiro atoms. The molecule has 2 heterocycles. The molecule has 0 aliphatic heterocycles. The highest BCUT2D eigenvalue weighted by Crippen LogP contribution is 2.27. The first kappa shape index (κ1) is 18.0. The zero-order chi connectivity index (χ0) is 20.4. The van der Waals surface area contributed by atoms with Crippen LogP contribution in [0.1, 0.15) is 16.1 Å². The van der Waals surface area contributed by atoms with E-state index in [0.717, 1.165) is 5.56 Å². The number of benzene rings is 2. The van der Waals surface area contributed by atoms with Crippen LogP contribution >= 0.6 is 0 Å². The summed E-state index contributed by atoms with van der Waals surface area (Å²) in [7, 11) is 1.26. The highest BCUT2D eigenvalue weighted by Gasteiger charge is 2.21. The lowest BCUT2D eigenvalue weighted by molar-refractivity contribution is 0.0593. The van der Waals surface area contributed by atoms with Crippen LogP contribution in [0.3, 0.4) is 0 Å². The van der Waals surface area contributed by atoms with Gasteiger partial charge in [0.1, 0.15) is 6.07 Å². The van der Waals surface area contributed by atoms with Gasteiger partial charge in [-0.3, -0.25) is 0 Å². The summed E-state index contributed by atoms with van der Waals surface area (Å²) in [6.45, 7) is 0. The van der Waals surface area contributed by atoms with Crippen LogP contribution in [0.25, 0.3) is 28.5 Å². The Hall–Kier alpha value is -4.38. The Morgan fingerprint density at radius 1 is 1.14 bits per heavy atom. The Morgan fingerprint density at radius 2 is 1.86 bits per heavy atom. The van der Waals surface area contributed by atoms with Gasteiger partial charge in [-0.25, -0.2) is 4.79 Å². The van der Waals surface area contributed by atoms with Crippen molar-refractivity contribution in [3.8, 4) is 34.6 Å². The van der Waals surface area contributed by atoms with Gasteiger partial charge in [0, 0.05) is 23.0 Å². The van der Waals surface area contributed by atoms with Gasteiger partial charge in [0.2, 0.25) is 5.82 Å². The average molecular weight is 385 g/mol. The average Bonchev–Trinajstić information content (AvgIpc) is 3.39. The normalized spacial score (nSPS) is 10.5. The molecule has 0 saturated carbocycles. The van der Waals surface area contributed by atoms with Crippen molar-refractivity contribution < 1.29 is 14.1 Å². The fourth-order valence-electron chi connectivity index (χ4n) is 2.93. The maximum absolute atomic E-state index is 12.1. The van der Waals surface area contributed by atoms with Gasteiger partial charge in [-0.15, -0.1) is 0 Å². The predicted molar refractivity (Wildman–Crippen MR) is 105 cm³/mol. The molecule has 0 bridgehead atoms. The maximum atomic E-state index is 12.1. The molecule has 2 N–H and O–H groups in total. The Bertz CT molecular complexity index is 1220. The minimum absolute atomic E-state index is 0.0767. The van der Waals surface area contributed by atoms with Crippen LogP contribution in [0.2, 0.25) is 0 Å². The molecular formula is C21H15N5O3. The quantitative estimate of drug-likeness (QED) is 0.534. The number of hydrogen-bond donors (Lipinski definition) is 1. The third kappa shape index (κ3) is 3.21. The molecule has 2 aromatic carbocycles. The number of carbonyl (C=O) groups is 1. The summed E-state index contributed by atoms with van der Waals surface area (Å²) in [5.74, 6) is 0.236. The van der Waals surface area contributed by atoms with Crippen molar-refractivity contribution in [2.75, 3.05) is 12.8 Å². The molecular weight excluding hydrogens is 370 g/mol. The van der Waals surface area contributed by atoms with Crippen LogP contribution in [0.15, 0.2) is 65.3 Å². The molecule has 2 aromatic heterocycles. The fraction of sp³-hybridized carbons (Fsp3) is 0.0476. The van der Waals surface area contributed by atoms with Crippen molar-refractivity contribution in [3.63, 3.8) is 0 Å². The Labute approximate surface area is 165 Å². The number of nitriles is 1. The first-order valence-electron chi connectivity index (χ1n) is 8.61. The molecule has 8 heteroatoms. The third-order valence-electron chi connectivity index (χ3n) is 4.39. The zero-order valence-electron chi connectivity index (χ0n) is 15.4. The molecule has 0 saturated heterocycles. The van der Waals surface area contributed by atoms with Crippen molar-refractivity contribution in [3.05, 3.63) is 72.1 Å². The van der Waals surface area contributed by atoms with Crippen LogP contribution in [-0.4, -0.2) is 27.8 Å². The maximum Gasteiger partial charge on any atom is 0.357 e. The van der Waals surface area contributed by atoms with Crippen molar-refractivity contribution in [1.82, 2.24) is 14.7 Å². The van der Waals surface area contributed by atoms with Crippen molar-refractivity contribution in [2.45, 2.75) is 0 Å². The van der Waals surface area contributed by atoms with Gasteiger partial charge in [0.25, 0.3) is 5.89 Å². The number of anilines is 1. The van der Waals surface area contributed by atoms with Crippen molar-refractivity contribution >= 4 is 11.7 Å². The smallest absolute Gasteiger partial charge is 0.357 e. The number of hydrogen-bond acceptors (Lipinski definition) is 7. The molecule has 0 radical (unpaired) electrons. The third-order valence-corrected chi connectivity index (χ3v) is 4.39. The lowest BCUT2D eigenvalue weighted by atomic mass is 10.2. The Balaban J connectivity index is 1.69. The first-order valence-corrected chi connectivity index (χ1v) is 8.61. The number of ether oxygens (including phenoxy) is 1. The Kier molecular flexibility index (Phi) is 4.55. The minimum Gasteiger partial charge on any atom is -0.464 e. The van der Waals surface area contributed by atoms with E-state index >= 15 is 0 Å². The van der Waals surface area contributed by atoms with Gasteiger partial charge >= 0.3 is 5.97 Å². The van der Waals surface area contributed by atoms with Crippen LogP contribution in [0.4, 0.5) is 5.69 Å². The number of nitrogens with zero attached hydrogens (tertiary/aromatic N) is 4. The van der Waals surface area contributed by atoms with E-state index in [2.05, 4.69) is 10.1 Å². The van der Waals surface area contributed by atoms with Gasteiger partial charge in [-0.05, 0) is 24.3 Å². The number of esters is 1. The molecule has 0 aliphatic rings. The van der Waals surface area contributed by atoms with E-state index < -0.39 is 5.97 Å². The molecule has 0 aliphatic carbocycles. The topological polar surface area (TPSA) is 120 Å². The van der Waals surface area contributed by atoms with Gasteiger partial charge in [0.05, 0.1) is 18.4 Å². The summed E-state index contributed by atoms with van der Waals surface area (Å²) in [6.07, 6.45) is 1.50. The van der Waals surface area contributed by atoms with Crippen molar-refractivity contribution in [1.29, 1.82) is 5.26 Å². The number of nitrogens with two attached hydrogens (primary N) is 1. The van der Waals surface area contributed by atoms with E-state index in [4.69, 9.17) is 15.0 Å². The Morgan fingerprint density at radius 3 is 2.52 bits per heavy atom. The SMILES string of the molecule is COC(=O)c1c(N)c(C#N)cn1-c1ccc(-c2nc(-c3ccccc3)no2)cc1. The molecule has 0 fully saturated rings. The highest BCUT2D eigenvalue weighted by atomic mass is 16.5. The summed E-state index contributed by atoms with van der Waals surface area (Å²) in [5, 5.41) is 13.2. The zero-order valence-corrected chi connectivity index (χ0v) is 15.4. The largest absolute Gasteiger partial charge is 0.464 e. The molecule has 8 nitrogen and oxygen atoms in total. The summed E-state index contributed by atoms with van der Waals surface area (Å²) < 4.78 is 11.7. The summed E-state index contributed by atoms with van der Waals surface area (Å²) in [6, 6.07) is 18.6. The second-order valence-corrected chi connectivity index (χ2v) is 6.11. The summed E-state index contributed by atoms with van der Waals surface area (Å²) in [5.41, 5.74) is 8.50. The van der Waals surface area contributed by atoms with Crippen molar-refractivity contribution in [2.24, 2.45) is 0 Å². The molecule has 4 aromatic rings. The van der Waals surface area contributed by atoms with E-state index in [9.17, 15) is 10.1 Å². The second kappa shape index (κ2) is 7.32. The van der Waals surface area contributed by atoms with Gasteiger partial charge < -0.3 is 19.6 Å². The van der Waals surface area contributed by atoms with Gasteiger partial charge in [-0.2, -0.15) is 10.2 Å². The molecule has 142 valence electrons. The van der Waals surface area contributed by atoms with E-state index in [0.29, 0.717) is 23.0 Å². The molecule has 0 unspecified atom stereocenters. The van der Waals surface area contributed by atoms with Crippen LogP contribution in [-0.2, 0) is 4.74 Å². The van der Waals surface area contributed by atoms with Crippen LogP contribution in [0.5, 0.6) is 0 Å². The molecule has 4 rings (SSSR count). The number of nitrogen functional groups attached to an aromatic ring is 1. The minimum atomic E-state index is -0.627. The molecule has 0 amide bonds. The van der Waals surface area contributed by atoms with Crippen LogP contribution < -0.4 is 5.73 Å². The standard InChI is InChI=1S/C21H15N5O3/c1-28-21(27)18-17(23)15(11-22)12-26(18)16-9-7-14(8-10-16)20-24-19(25-29-20)13-5-3-2-4-6-13/h2-10,12H,23H2,1H3. The fourth-order valence-corrected chi connectivity index (χ4v) is 2.93. The van der Waals surface area contributed by atoms with E-state index in [1.807, 2.05) is 36.4 Å². The lowest BCUT2D eigenvalue weighted by Crippen LogP contribution is -2.11. The second-order valence-electron chi connectivity index (χ2n) is 6.11. The van der Waals surface area contributed by atoms with E-state index in [1.54, 1.807) is 24.3 Å². The van der Waals surface area contributed by atoms with E-state index in [1.165, 1.54) is 17.9 Å². The van der Waals surface area contributed by atoms with Gasteiger partial charge in [-0.1, -0.05) is 35.5 Å². The van der Waals surface area contributed by atoms with Crippen LogP contribution in [0, 0.1) is 11.3 Å². The number of aromatic nitrogens is 3. The monoisotopic (exact) mass is 385 g/mol. The number of rotatable bonds is 4. The number of methoxy groups -OCH3 is 1. The predicted octanol–water partition coefficient (Wildman–Crippen LogP) is 3.43.